The van der Waals surface area contributed by atoms with Gasteiger partial charge < -0.3 is 9.32 Å². The predicted octanol–water partition coefficient (Wildman–Crippen LogP) is 2.95. The summed E-state index contributed by atoms with van der Waals surface area (Å²) in [6.45, 7) is 2.09. The first-order chi connectivity index (χ1) is 13.7. The van der Waals surface area contributed by atoms with Crippen molar-refractivity contribution in [2.75, 3.05) is 6.54 Å². The van der Waals surface area contributed by atoms with Crippen molar-refractivity contribution in [3.8, 4) is 11.5 Å². The Bertz CT molecular complexity index is 1150. The molecule has 0 bridgehead atoms. The summed E-state index contributed by atoms with van der Waals surface area (Å²) in [4.78, 5) is 30.0. The van der Waals surface area contributed by atoms with Gasteiger partial charge >= 0.3 is 6.18 Å². The van der Waals surface area contributed by atoms with Gasteiger partial charge in [-0.2, -0.15) is 18.3 Å². The van der Waals surface area contributed by atoms with Crippen LogP contribution >= 0.6 is 0 Å². The smallest absolute Gasteiger partial charge is 0.416 e. The van der Waals surface area contributed by atoms with Gasteiger partial charge in [-0.05, 0) is 25.1 Å². The normalized spacial score (nSPS) is 14.0. The van der Waals surface area contributed by atoms with Gasteiger partial charge in [-0.15, -0.1) is 0 Å². The van der Waals surface area contributed by atoms with Gasteiger partial charge in [0.15, 0.2) is 5.69 Å². The average molecular weight is 404 g/mol. The third-order valence-corrected chi connectivity index (χ3v) is 4.68. The Balaban J connectivity index is 1.62. The molecular weight excluding hydrogens is 389 g/mol. The number of nitrogens with one attached hydrogen (secondary N) is 1. The second-order valence-electron chi connectivity index (χ2n) is 6.68. The van der Waals surface area contributed by atoms with Crippen LogP contribution in [0.4, 0.5) is 13.2 Å². The number of alkyl halides is 3. The van der Waals surface area contributed by atoms with Crippen LogP contribution in [0.25, 0.3) is 11.5 Å². The zero-order chi connectivity index (χ0) is 20.8. The maximum absolute atomic E-state index is 12.9. The molecule has 0 fully saturated rings. The number of hydrogen-bond acceptors (Lipinski definition) is 5. The van der Waals surface area contributed by atoms with Gasteiger partial charge in [0, 0.05) is 36.7 Å². The Morgan fingerprint density at radius 3 is 2.83 bits per heavy atom. The number of amides is 1. The number of benzene rings is 1. The van der Waals surface area contributed by atoms with E-state index in [1.165, 1.54) is 30.0 Å². The minimum atomic E-state index is -4.50. The van der Waals surface area contributed by atoms with Gasteiger partial charge in [-0.25, -0.2) is 10.1 Å². The number of H-pyrrole nitrogens is 1. The molecule has 0 spiro atoms. The van der Waals surface area contributed by atoms with Crippen molar-refractivity contribution < 1.29 is 22.4 Å². The molecule has 0 aliphatic carbocycles. The third-order valence-electron chi connectivity index (χ3n) is 4.68. The van der Waals surface area contributed by atoms with Crippen molar-refractivity contribution in [1.29, 1.82) is 0 Å². The number of aryl methyl sites for hydroxylation is 1. The van der Waals surface area contributed by atoms with Gasteiger partial charge in [0.2, 0.25) is 5.89 Å². The van der Waals surface area contributed by atoms with E-state index in [0.717, 1.165) is 17.8 Å². The molecule has 1 N–H and O–H groups in total. The van der Waals surface area contributed by atoms with Crippen LogP contribution in [0.5, 0.6) is 0 Å². The van der Waals surface area contributed by atoms with Gasteiger partial charge in [0.1, 0.15) is 5.76 Å². The number of aromatic amines is 1. The molecular formula is C19H15F3N4O3. The molecule has 150 valence electrons. The van der Waals surface area contributed by atoms with Crippen molar-refractivity contribution in [3.05, 3.63) is 69.0 Å². The molecule has 4 rings (SSSR count). The molecule has 3 aromatic rings. The van der Waals surface area contributed by atoms with Crippen molar-refractivity contribution in [2.45, 2.75) is 26.1 Å². The van der Waals surface area contributed by atoms with Crippen LogP contribution in [-0.4, -0.2) is 32.5 Å². The Kier molecular flexibility index (Phi) is 4.48. The van der Waals surface area contributed by atoms with E-state index in [1.807, 2.05) is 0 Å². The molecule has 2 aromatic heterocycles. The lowest BCUT2D eigenvalue weighted by molar-refractivity contribution is -0.137. The van der Waals surface area contributed by atoms with Gasteiger partial charge in [-0.3, -0.25) is 9.59 Å². The zero-order valence-electron chi connectivity index (χ0n) is 15.2. The molecule has 1 amide bonds. The lowest BCUT2D eigenvalue weighted by atomic mass is 10.1. The summed E-state index contributed by atoms with van der Waals surface area (Å²) >= 11 is 0. The van der Waals surface area contributed by atoms with Crippen LogP contribution in [0.3, 0.4) is 0 Å². The van der Waals surface area contributed by atoms with E-state index in [4.69, 9.17) is 4.42 Å². The highest BCUT2D eigenvalue weighted by Gasteiger charge is 2.31. The molecule has 1 aromatic carbocycles. The van der Waals surface area contributed by atoms with Crippen molar-refractivity contribution >= 4 is 5.91 Å². The van der Waals surface area contributed by atoms with E-state index in [0.29, 0.717) is 18.5 Å². The van der Waals surface area contributed by atoms with Crippen LogP contribution in [0.1, 0.15) is 33.1 Å². The highest BCUT2D eigenvalue weighted by molar-refractivity contribution is 5.93. The maximum atomic E-state index is 12.9. The number of aromatic nitrogens is 3. The fraction of sp³-hybridized carbons (Fsp3) is 0.263. The molecule has 1 aliphatic heterocycles. The van der Waals surface area contributed by atoms with Gasteiger partial charge in [0.05, 0.1) is 11.3 Å². The summed E-state index contributed by atoms with van der Waals surface area (Å²) < 4.78 is 44.3. The van der Waals surface area contributed by atoms with Crippen LogP contribution in [0.15, 0.2) is 39.5 Å². The van der Waals surface area contributed by atoms with Crippen LogP contribution < -0.4 is 5.56 Å². The first-order valence-corrected chi connectivity index (χ1v) is 8.74. The number of carbonyl (C=O) groups excluding carboxylic acids is 1. The van der Waals surface area contributed by atoms with E-state index in [-0.39, 0.29) is 35.0 Å². The van der Waals surface area contributed by atoms with E-state index in [2.05, 4.69) is 15.2 Å². The fourth-order valence-corrected chi connectivity index (χ4v) is 3.22. The lowest BCUT2D eigenvalue weighted by Gasteiger charge is -2.27. The molecule has 29 heavy (non-hydrogen) atoms. The summed E-state index contributed by atoms with van der Waals surface area (Å²) in [5.74, 6) is -0.278. The Morgan fingerprint density at radius 2 is 2.07 bits per heavy atom. The minimum absolute atomic E-state index is 0.0265. The summed E-state index contributed by atoms with van der Waals surface area (Å²) in [5.41, 5.74) is 0.328. The van der Waals surface area contributed by atoms with E-state index >= 15 is 0 Å². The Labute approximate surface area is 162 Å². The number of carbonyl (C=O) groups is 1. The Morgan fingerprint density at radius 1 is 1.28 bits per heavy atom. The third kappa shape index (κ3) is 3.65. The van der Waals surface area contributed by atoms with E-state index in [9.17, 15) is 22.8 Å². The standard InChI is InChI=1S/C19H15F3N4O3/c1-10-16(18(28)26-6-5-14-12(9-26)8-15(27)25-24-14)23-17(29-10)11-3-2-4-13(7-11)19(20,21)22/h2-4,7-8H,5-6,9H2,1H3,(H,25,27). The molecule has 0 atom stereocenters. The fourth-order valence-electron chi connectivity index (χ4n) is 3.22. The zero-order valence-corrected chi connectivity index (χ0v) is 15.2. The molecule has 0 saturated heterocycles. The SMILES string of the molecule is Cc1oc(-c2cccc(C(F)(F)F)c2)nc1C(=O)N1CCc2n[nH]c(=O)cc2C1. The largest absolute Gasteiger partial charge is 0.441 e. The number of nitrogens with zero attached hydrogens (tertiary/aromatic N) is 3. The summed E-state index contributed by atoms with van der Waals surface area (Å²) in [7, 11) is 0. The summed E-state index contributed by atoms with van der Waals surface area (Å²) in [6, 6.07) is 5.96. The van der Waals surface area contributed by atoms with E-state index in [1.54, 1.807) is 0 Å². The molecule has 7 nitrogen and oxygen atoms in total. The molecule has 0 radical (unpaired) electrons. The lowest BCUT2D eigenvalue weighted by Crippen LogP contribution is -2.37. The number of rotatable bonds is 2. The average Bonchev–Trinajstić information content (AvgIpc) is 3.08. The summed E-state index contributed by atoms with van der Waals surface area (Å²) in [6.07, 6.45) is -4.03. The molecule has 1 aliphatic rings. The van der Waals surface area contributed by atoms with Crippen molar-refractivity contribution in [1.82, 2.24) is 20.1 Å². The first-order valence-electron chi connectivity index (χ1n) is 8.74. The second-order valence-corrected chi connectivity index (χ2v) is 6.68. The summed E-state index contributed by atoms with van der Waals surface area (Å²) in [5, 5.41) is 6.34. The highest BCUT2D eigenvalue weighted by Crippen LogP contribution is 2.32. The van der Waals surface area contributed by atoms with Gasteiger partial charge in [0.25, 0.3) is 11.5 Å². The van der Waals surface area contributed by atoms with Gasteiger partial charge in [-0.1, -0.05) is 6.07 Å². The van der Waals surface area contributed by atoms with Crippen LogP contribution in [0.2, 0.25) is 0 Å². The Hall–Kier alpha value is -3.43. The van der Waals surface area contributed by atoms with Crippen LogP contribution in [0, 0.1) is 6.92 Å². The van der Waals surface area contributed by atoms with E-state index < -0.39 is 17.6 Å². The second kappa shape index (κ2) is 6.87. The van der Waals surface area contributed by atoms with Crippen molar-refractivity contribution in [3.63, 3.8) is 0 Å². The molecule has 10 heteroatoms. The number of hydrogen-bond donors (Lipinski definition) is 1. The molecule has 3 heterocycles. The topological polar surface area (TPSA) is 92.1 Å². The van der Waals surface area contributed by atoms with Crippen LogP contribution in [-0.2, 0) is 19.1 Å². The number of fused-ring (bicyclic) bond motifs is 1. The molecule has 0 saturated carbocycles. The maximum Gasteiger partial charge on any atom is 0.416 e. The number of halogens is 3. The quantitative estimate of drug-likeness (QED) is 0.709. The monoisotopic (exact) mass is 404 g/mol. The minimum Gasteiger partial charge on any atom is -0.441 e. The van der Waals surface area contributed by atoms with Crippen molar-refractivity contribution in [2.24, 2.45) is 0 Å². The number of oxazole rings is 1. The first kappa shape index (κ1) is 18.9. The predicted molar refractivity (Wildman–Crippen MR) is 95.0 cm³/mol. The highest BCUT2D eigenvalue weighted by atomic mass is 19.4. The molecule has 0 unspecified atom stereocenters.